The summed E-state index contributed by atoms with van der Waals surface area (Å²) in [6.07, 6.45) is 0. The minimum Gasteiger partial charge on any atom is -0.481 e. The number of hydrogen-bond donors (Lipinski definition) is 2. The van der Waals surface area contributed by atoms with Crippen LogP contribution < -0.4 is 5.32 Å². The zero-order valence-corrected chi connectivity index (χ0v) is 11.5. The zero-order chi connectivity index (χ0) is 12.0. The highest BCUT2D eigenvalue weighted by molar-refractivity contribution is 9.11. The quantitative estimate of drug-likeness (QED) is 0.786. The maximum Gasteiger partial charge on any atom is 0.313 e. The number of amides is 1. The fourth-order valence-corrected chi connectivity index (χ4v) is 2.63. The molecule has 7 heteroatoms. The SMILES string of the molecule is O=C(O)CSCCNC(=O)c1csc(Br)c1. The van der Waals surface area contributed by atoms with E-state index in [1.807, 2.05) is 0 Å². The number of nitrogens with one attached hydrogen (secondary N) is 1. The Hall–Kier alpha value is -0.530. The smallest absolute Gasteiger partial charge is 0.313 e. The van der Waals surface area contributed by atoms with Crippen molar-refractivity contribution in [1.82, 2.24) is 5.32 Å². The van der Waals surface area contributed by atoms with E-state index in [1.165, 1.54) is 23.1 Å². The molecule has 2 N–H and O–H groups in total. The number of thiophene rings is 1. The van der Waals surface area contributed by atoms with Gasteiger partial charge in [-0.1, -0.05) is 0 Å². The van der Waals surface area contributed by atoms with E-state index in [2.05, 4.69) is 21.2 Å². The van der Waals surface area contributed by atoms with Crippen LogP contribution in [0, 0.1) is 0 Å². The number of thioether (sulfide) groups is 1. The Bertz CT molecular complexity index is 381. The Morgan fingerprint density at radius 3 is 2.88 bits per heavy atom. The molecule has 1 aromatic heterocycles. The van der Waals surface area contributed by atoms with Crippen LogP contribution in [0.2, 0.25) is 0 Å². The minimum absolute atomic E-state index is 0.0693. The summed E-state index contributed by atoms with van der Waals surface area (Å²) in [5.41, 5.74) is 0.625. The molecule has 0 aliphatic heterocycles. The molecule has 4 nitrogen and oxygen atoms in total. The summed E-state index contributed by atoms with van der Waals surface area (Å²) in [4.78, 5) is 21.7. The standard InChI is InChI=1S/C9H10BrNO3S2/c10-7-3-6(4-16-7)9(14)11-1-2-15-5-8(12)13/h3-4H,1-2,5H2,(H,11,14)(H,12,13). The van der Waals surface area contributed by atoms with Gasteiger partial charge in [-0.05, 0) is 22.0 Å². The van der Waals surface area contributed by atoms with Crippen molar-refractivity contribution in [1.29, 1.82) is 0 Å². The molecule has 0 fully saturated rings. The predicted molar refractivity (Wildman–Crippen MR) is 69.3 cm³/mol. The molecule has 1 rings (SSSR count). The van der Waals surface area contributed by atoms with Gasteiger partial charge in [-0.2, -0.15) is 0 Å². The first kappa shape index (κ1) is 13.5. The van der Waals surface area contributed by atoms with Gasteiger partial charge in [-0.3, -0.25) is 9.59 Å². The average molecular weight is 324 g/mol. The third-order valence-electron chi connectivity index (χ3n) is 1.59. The van der Waals surface area contributed by atoms with Gasteiger partial charge in [0.15, 0.2) is 0 Å². The lowest BCUT2D eigenvalue weighted by Crippen LogP contribution is -2.25. The Morgan fingerprint density at radius 1 is 1.56 bits per heavy atom. The van der Waals surface area contributed by atoms with E-state index in [4.69, 9.17) is 5.11 Å². The van der Waals surface area contributed by atoms with E-state index in [1.54, 1.807) is 11.4 Å². The third-order valence-corrected chi connectivity index (χ3v) is 4.04. The van der Waals surface area contributed by atoms with Gasteiger partial charge in [0.1, 0.15) is 0 Å². The molecular weight excluding hydrogens is 314 g/mol. The van der Waals surface area contributed by atoms with Crippen LogP contribution in [0.15, 0.2) is 15.2 Å². The van der Waals surface area contributed by atoms with E-state index >= 15 is 0 Å². The molecule has 0 bridgehead atoms. The molecule has 0 unspecified atom stereocenters. The number of hydrogen-bond acceptors (Lipinski definition) is 4. The number of carboxylic acids is 1. The van der Waals surface area contributed by atoms with Gasteiger partial charge in [-0.15, -0.1) is 23.1 Å². The molecule has 1 heterocycles. The first-order valence-corrected chi connectivity index (χ1v) is 7.24. The van der Waals surface area contributed by atoms with E-state index in [0.29, 0.717) is 17.9 Å². The van der Waals surface area contributed by atoms with E-state index < -0.39 is 5.97 Å². The van der Waals surface area contributed by atoms with Gasteiger partial charge in [0, 0.05) is 17.7 Å². The summed E-state index contributed by atoms with van der Waals surface area (Å²) in [6, 6.07) is 1.75. The van der Waals surface area contributed by atoms with Crippen LogP contribution in [0.1, 0.15) is 10.4 Å². The van der Waals surface area contributed by atoms with Crippen molar-refractivity contribution in [2.24, 2.45) is 0 Å². The Morgan fingerprint density at radius 2 is 2.31 bits per heavy atom. The van der Waals surface area contributed by atoms with Crippen LogP contribution in [0.4, 0.5) is 0 Å². The fourth-order valence-electron chi connectivity index (χ4n) is 0.927. The molecule has 0 spiro atoms. The minimum atomic E-state index is -0.835. The van der Waals surface area contributed by atoms with Crippen molar-refractivity contribution < 1.29 is 14.7 Å². The topological polar surface area (TPSA) is 66.4 Å². The summed E-state index contributed by atoms with van der Waals surface area (Å²) in [5, 5.41) is 12.9. The van der Waals surface area contributed by atoms with Crippen LogP contribution in [0.3, 0.4) is 0 Å². The largest absolute Gasteiger partial charge is 0.481 e. The Kier molecular flexibility index (Phi) is 5.86. The monoisotopic (exact) mass is 323 g/mol. The lowest BCUT2D eigenvalue weighted by molar-refractivity contribution is -0.133. The van der Waals surface area contributed by atoms with Crippen molar-refractivity contribution >= 4 is 50.9 Å². The predicted octanol–water partition coefficient (Wildman–Crippen LogP) is 2.06. The molecule has 88 valence electrons. The maximum atomic E-state index is 11.5. The number of aliphatic carboxylic acids is 1. The van der Waals surface area contributed by atoms with Gasteiger partial charge in [0.2, 0.25) is 0 Å². The molecule has 0 atom stereocenters. The third kappa shape index (κ3) is 5.00. The lowest BCUT2D eigenvalue weighted by Gasteiger charge is -2.02. The second-order valence-corrected chi connectivity index (χ2v) is 6.24. The van der Waals surface area contributed by atoms with Gasteiger partial charge < -0.3 is 10.4 Å². The highest BCUT2D eigenvalue weighted by Crippen LogP contribution is 2.20. The Balaban J connectivity index is 2.18. The summed E-state index contributed by atoms with van der Waals surface area (Å²) >= 11 is 6.01. The van der Waals surface area contributed by atoms with Gasteiger partial charge in [0.25, 0.3) is 5.91 Å². The second kappa shape index (κ2) is 6.93. The van der Waals surface area contributed by atoms with Crippen molar-refractivity contribution in [3.63, 3.8) is 0 Å². The molecule has 1 aromatic rings. The van der Waals surface area contributed by atoms with Crippen LogP contribution in [0.25, 0.3) is 0 Å². The molecule has 1 amide bonds. The van der Waals surface area contributed by atoms with Crippen molar-refractivity contribution in [3.05, 3.63) is 20.8 Å². The summed E-state index contributed by atoms with van der Waals surface area (Å²) in [5.74, 6) is -0.292. The first-order chi connectivity index (χ1) is 7.59. The molecule has 0 radical (unpaired) electrons. The summed E-state index contributed by atoms with van der Waals surface area (Å²) < 4.78 is 0.915. The number of carboxylic acid groups (broad SMARTS) is 1. The van der Waals surface area contributed by atoms with E-state index in [-0.39, 0.29) is 11.7 Å². The second-order valence-electron chi connectivity index (χ2n) is 2.84. The molecule has 0 aromatic carbocycles. The van der Waals surface area contributed by atoms with Crippen molar-refractivity contribution in [3.8, 4) is 0 Å². The molecular formula is C9H10BrNO3S2. The van der Waals surface area contributed by atoms with Gasteiger partial charge >= 0.3 is 5.97 Å². The van der Waals surface area contributed by atoms with Crippen LogP contribution >= 0.6 is 39.0 Å². The van der Waals surface area contributed by atoms with Crippen molar-refractivity contribution in [2.45, 2.75) is 0 Å². The van der Waals surface area contributed by atoms with Gasteiger partial charge in [0.05, 0.1) is 15.1 Å². The zero-order valence-electron chi connectivity index (χ0n) is 8.23. The van der Waals surface area contributed by atoms with Gasteiger partial charge in [-0.25, -0.2) is 0 Å². The van der Waals surface area contributed by atoms with Crippen LogP contribution in [-0.4, -0.2) is 35.0 Å². The highest BCUT2D eigenvalue weighted by Gasteiger charge is 2.06. The summed E-state index contributed by atoms with van der Waals surface area (Å²) in [7, 11) is 0. The molecule has 0 saturated carbocycles. The van der Waals surface area contributed by atoms with E-state index in [9.17, 15) is 9.59 Å². The number of rotatable bonds is 6. The Labute approximate surface area is 110 Å². The molecule has 16 heavy (non-hydrogen) atoms. The normalized spacial score (nSPS) is 10.1. The lowest BCUT2D eigenvalue weighted by atomic mass is 10.3. The molecule has 0 saturated heterocycles. The average Bonchev–Trinajstić information content (AvgIpc) is 2.63. The van der Waals surface area contributed by atoms with Crippen LogP contribution in [-0.2, 0) is 4.79 Å². The number of halogens is 1. The first-order valence-electron chi connectivity index (χ1n) is 4.41. The van der Waals surface area contributed by atoms with E-state index in [0.717, 1.165) is 3.79 Å². The maximum absolute atomic E-state index is 11.5. The number of carbonyl (C=O) groups excluding carboxylic acids is 1. The van der Waals surface area contributed by atoms with Crippen molar-refractivity contribution in [2.75, 3.05) is 18.1 Å². The molecule has 0 aliphatic rings. The fraction of sp³-hybridized carbons (Fsp3) is 0.333. The number of carbonyl (C=O) groups is 2. The van der Waals surface area contributed by atoms with Crippen LogP contribution in [0.5, 0.6) is 0 Å². The molecule has 0 aliphatic carbocycles. The highest BCUT2D eigenvalue weighted by atomic mass is 79.9. The summed E-state index contributed by atoms with van der Waals surface area (Å²) in [6.45, 7) is 0.476.